The Labute approximate surface area is 187 Å². The predicted molar refractivity (Wildman–Crippen MR) is 116 cm³/mol. The molecule has 1 saturated heterocycles. The van der Waals surface area contributed by atoms with E-state index >= 15 is 0 Å². The molecule has 0 radical (unpaired) electrons. The van der Waals surface area contributed by atoms with Gasteiger partial charge in [-0.2, -0.15) is 13.1 Å². The van der Waals surface area contributed by atoms with Gasteiger partial charge in [-0.1, -0.05) is 38.1 Å². The minimum Gasteiger partial charge on any atom is -0.435 e. The van der Waals surface area contributed by atoms with Gasteiger partial charge in [-0.15, -0.1) is 0 Å². The maximum Gasteiger partial charge on any atom is 0.387 e. The Hall–Kier alpha value is -2.72. The van der Waals surface area contributed by atoms with Gasteiger partial charge in [0.25, 0.3) is 0 Å². The molecule has 0 saturated carbocycles. The number of hydrogen-bond acceptors (Lipinski definition) is 4. The summed E-state index contributed by atoms with van der Waals surface area (Å²) >= 11 is 0. The zero-order valence-electron chi connectivity index (χ0n) is 18.0. The molecule has 32 heavy (non-hydrogen) atoms. The second-order valence-electron chi connectivity index (χ2n) is 7.80. The molecule has 0 bridgehead atoms. The molecule has 0 atom stereocenters. The Kier molecular flexibility index (Phi) is 7.68. The third-order valence-corrected chi connectivity index (χ3v) is 7.19. The molecule has 2 aromatic carbocycles. The Balaban J connectivity index is 1.53. The Morgan fingerprint density at radius 1 is 1.06 bits per heavy atom. The van der Waals surface area contributed by atoms with Gasteiger partial charge < -0.3 is 15.0 Å². The molecule has 7 nitrogen and oxygen atoms in total. The molecule has 3 rings (SSSR count). The number of nitrogens with one attached hydrogen (secondary N) is 1. The van der Waals surface area contributed by atoms with E-state index in [0.717, 1.165) is 5.56 Å². The summed E-state index contributed by atoms with van der Waals surface area (Å²) in [6.45, 7) is 2.20. The molecule has 10 heteroatoms. The van der Waals surface area contributed by atoms with Crippen molar-refractivity contribution in [2.75, 3.05) is 26.2 Å². The van der Waals surface area contributed by atoms with Crippen molar-refractivity contribution in [2.24, 2.45) is 0 Å². The number of amides is 2. The van der Waals surface area contributed by atoms with Gasteiger partial charge in [0.15, 0.2) is 0 Å². The molecule has 1 heterocycles. The molecule has 174 valence electrons. The maximum absolute atomic E-state index is 12.9. The SMILES string of the molecule is CC(C)c1ccc(S(=O)(=O)N2CCN(C(=O)NCc3cccc(OC(F)F)c3)CC2)cc1. The average molecular weight is 468 g/mol. The number of hydrogen-bond donors (Lipinski definition) is 1. The number of rotatable bonds is 7. The fourth-order valence-electron chi connectivity index (χ4n) is 3.43. The highest BCUT2D eigenvalue weighted by Crippen LogP contribution is 2.21. The van der Waals surface area contributed by atoms with Crippen molar-refractivity contribution in [3.63, 3.8) is 0 Å². The van der Waals surface area contributed by atoms with E-state index in [2.05, 4.69) is 10.1 Å². The van der Waals surface area contributed by atoms with Gasteiger partial charge in [-0.3, -0.25) is 0 Å². The second-order valence-corrected chi connectivity index (χ2v) is 9.74. The molecule has 0 aliphatic carbocycles. The number of piperazine rings is 1. The van der Waals surface area contributed by atoms with E-state index in [0.29, 0.717) is 11.5 Å². The summed E-state index contributed by atoms with van der Waals surface area (Å²) in [5.74, 6) is 0.333. The minimum absolute atomic E-state index is 0.0204. The van der Waals surface area contributed by atoms with Gasteiger partial charge in [0.05, 0.1) is 4.90 Å². The number of carbonyl (C=O) groups excluding carboxylic acids is 1. The number of nitrogens with zero attached hydrogens (tertiary/aromatic N) is 2. The van der Waals surface area contributed by atoms with Crippen LogP contribution in [-0.2, 0) is 16.6 Å². The summed E-state index contributed by atoms with van der Waals surface area (Å²) in [4.78, 5) is 14.2. The second kappa shape index (κ2) is 10.3. The zero-order valence-corrected chi connectivity index (χ0v) is 18.8. The van der Waals surface area contributed by atoms with Crippen molar-refractivity contribution in [1.82, 2.24) is 14.5 Å². The zero-order chi connectivity index (χ0) is 23.3. The minimum atomic E-state index is -3.62. The lowest BCUT2D eigenvalue weighted by Crippen LogP contribution is -2.52. The van der Waals surface area contributed by atoms with E-state index in [9.17, 15) is 22.0 Å². The monoisotopic (exact) mass is 467 g/mol. The third kappa shape index (κ3) is 5.95. The van der Waals surface area contributed by atoms with Crippen molar-refractivity contribution < 1.29 is 26.7 Å². The van der Waals surface area contributed by atoms with Crippen molar-refractivity contribution in [1.29, 1.82) is 0 Å². The van der Waals surface area contributed by atoms with Gasteiger partial charge in [0, 0.05) is 32.7 Å². The first-order valence-corrected chi connectivity index (χ1v) is 11.8. The summed E-state index contributed by atoms with van der Waals surface area (Å²) < 4.78 is 56.2. The summed E-state index contributed by atoms with van der Waals surface area (Å²) in [6, 6.07) is 12.6. The lowest BCUT2D eigenvalue weighted by molar-refractivity contribution is -0.0498. The molecular formula is C22H27F2N3O4S. The van der Waals surface area contributed by atoms with Crippen LogP contribution in [0.25, 0.3) is 0 Å². The molecule has 2 amide bonds. The van der Waals surface area contributed by atoms with Crippen LogP contribution in [0.4, 0.5) is 13.6 Å². The van der Waals surface area contributed by atoms with Crippen LogP contribution in [0.2, 0.25) is 0 Å². The van der Waals surface area contributed by atoms with Crippen LogP contribution in [0.15, 0.2) is 53.4 Å². The maximum atomic E-state index is 12.9. The van der Waals surface area contributed by atoms with Crippen LogP contribution in [0.3, 0.4) is 0 Å². The number of halogens is 2. The van der Waals surface area contributed by atoms with Gasteiger partial charge >= 0.3 is 12.6 Å². The molecular weight excluding hydrogens is 440 g/mol. The number of sulfonamides is 1. The van der Waals surface area contributed by atoms with E-state index in [-0.39, 0.29) is 49.4 Å². The van der Waals surface area contributed by atoms with Crippen LogP contribution >= 0.6 is 0 Å². The highest BCUT2D eigenvalue weighted by atomic mass is 32.2. The number of alkyl halides is 2. The van der Waals surface area contributed by atoms with Crippen LogP contribution < -0.4 is 10.1 Å². The first-order valence-electron chi connectivity index (χ1n) is 10.3. The van der Waals surface area contributed by atoms with Gasteiger partial charge in [-0.05, 0) is 41.3 Å². The Morgan fingerprint density at radius 3 is 2.31 bits per heavy atom. The first-order chi connectivity index (χ1) is 15.2. The number of ether oxygens (including phenoxy) is 1. The number of carbonyl (C=O) groups is 1. The van der Waals surface area contributed by atoms with Crippen LogP contribution in [0.5, 0.6) is 5.75 Å². The van der Waals surface area contributed by atoms with Crippen molar-refractivity contribution in [2.45, 2.75) is 37.8 Å². The largest absolute Gasteiger partial charge is 0.435 e. The van der Waals surface area contributed by atoms with E-state index in [1.54, 1.807) is 24.3 Å². The summed E-state index contributed by atoms with van der Waals surface area (Å²) in [7, 11) is -3.62. The molecule has 0 aromatic heterocycles. The van der Waals surface area contributed by atoms with Crippen molar-refractivity contribution in [3.8, 4) is 5.75 Å². The molecule has 1 aliphatic heterocycles. The lowest BCUT2D eigenvalue weighted by Gasteiger charge is -2.34. The first kappa shape index (κ1) is 23.9. The quantitative estimate of drug-likeness (QED) is 0.675. The average Bonchev–Trinajstić information content (AvgIpc) is 2.77. The van der Waals surface area contributed by atoms with E-state index in [4.69, 9.17) is 0 Å². The van der Waals surface area contributed by atoms with Crippen LogP contribution in [0, 0.1) is 0 Å². The molecule has 1 aliphatic rings. The van der Waals surface area contributed by atoms with Gasteiger partial charge in [0.2, 0.25) is 10.0 Å². The number of benzene rings is 2. The highest BCUT2D eigenvalue weighted by Gasteiger charge is 2.30. The van der Waals surface area contributed by atoms with Gasteiger partial charge in [-0.25, -0.2) is 13.2 Å². The third-order valence-electron chi connectivity index (χ3n) is 5.28. The highest BCUT2D eigenvalue weighted by molar-refractivity contribution is 7.89. The Morgan fingerprint density at radius 2 is 1.72 bits per heavy atom. The van der Waals surface area contributed by atoms with E-state index in [1.807, 2.05) is 26.0 Å². The molecule has 0 unspecified atom stereocenters. The van der Waals surface area contributed by atoms with Crippen molar-refractivity contribution >= 4 is 16.1 Å². The molecule has 0 spiro atoms. The lowest BCUT2D eigenvalue weighted by atomic mass is 10.0. The molecule has 1 fully saturated rings. The smallest absolute Gasteiger partial charge is 0.387 e. The van der Waals surface area contributed by atoms with Crippen LogP contribution in [-0.4, -0.2) is 56.4 Å². The predicted octanol–water partition coefficient (Wildman–Crippen LogP) is 3.63. The van der Waals surface area contributed by atoms with Crippen LogP contribution in [0.1, 0.15) is 30.9 Å². The topological polar surface area (TPSA) is 79.0 Å². The Bertz CT molecular complexity index is 1020. The standard InChI is InChI=1S/C22H27F2N3O4S/c1-16(2)18-6-8-20(9-7-18)32(29,30)27-12-10-26(11-13-27)22(28)25-15-17-4-3-5-19(14-17)31-21(23)24/h3-9,14,16,21H,10-13,15H2,1-2H3,(H,25,28). The number of urea groups is 1. The van der Waals surface area contributed by atoms with Crippen molar-refractivity contribution in [3.05, 3.63) is 59.7 Å². The van der Waals surface area contributed by atoms with E-state index in [1.165, 1.54) is 21.3 Å². The molecule has 1 N–H and O–H groups in total. The summed E-state index contributed by atoms with van der Waals surface area (Å²) in [6.07, 6.45) is 0. The molecule has 2 aromatic rings. The normalized spacial score (nSPS) is 15.2. The fourth-order valence-corrected chi connectivity index (χ4v) is 4.85. The van der Waals surface area contributed by atoms with Gasteiger partial charge in [0.1, 0.15) is 5.75 Å². The summed E-state index contributed by atoms with van der Waals surface area (Å²) in [5, 5.41) is 2.73. The fraction of sp³-hybridized carbons (Fsp3) is 0.409. The summed E-state index contributed by atoms with van der Waals surface area (Å²) in [5.41, 5.74) is 1.68. The van der Waals surface area contributed by atoms with E-state index < -0.39 is 16.6 Å².